The summed E-state index contributed by atoms with van der Waals surface area (Å²) in [5.74, 6) is 1.79. The molecule has 2 aromatic carbocycles. The molecule has 0 atom stereocenters. The average molecular weight is 269 g/mol. The molecule has 0 heterocycles. The zero-order valence-electron chi connectivity index (χ0n) is 12.7. The van der Waals surface area contributed by atoms with Crippen LogP contribution in [0.4, 0.5) is 0 Å². The summed E-state index contributed by atoms with van der Waals surface area (Å²) in [6.07, 6.45) is 0. The first kappa shape index (κ1) is 14.6. The highest BCUT2D eigenvalue weighted by Gasteiger charge is 2.11. The fourth-order valence-corrected chi connectivity index (χ4v) is 1.92. The molecule has 2 heteroatoms. The van der Waals surface area contributed by atoms with Crippen LogP contribution < -0.4 is 10.1 Å². The molecule has 0 amide bonds. The normalized spacial score (nSPS) is 11.4. The number of benzene rings is 2. The van der Waals surface area contributed by atoms with Crippen molar-refractivity contribution in [2.24, 2.45) is 0 Å². The molecule has 2 nitrogen and oxygen atoms in total. The van der Waals surface area contributed by atoms with Crippen LogP contribution in [0.3, 0.4) is 0 Å². The van der Waals surface area contributed by atoms with Crippen LogP contribution in [0.15, 0.2) is 48.5 Å². The summed E-state index contributed by atoms with van der Waals surface area (Å²) in [4.78, 5) is 0. The van der Waals surface area contributed by atoms with E-state index in [1.54, 1.807) is 0 Å². The van der Waals surface area contributed by atoms with E-state index in [9.17, 15) is 0 Å². The fourth-order valence-electron chi connectivity index (χ4n) is 1.92. The maximum atomic E-state index is 6.02. The number of aryl methyl sites for hydroxylation is 1. The molecular formula is C18H23NO. The van der Waals surface area contributed by atoms with Crippen molar-refractivity contribution in [1.82, 2.24) is 5.32 Å². The second-order valence-corrected chi connectivity index (χ2v) is 6.13. The van der Waals surface area contributed by atoms with Crippen molar-refractivity contribution in [2.75, 3.05) is 0 Å². The lowest BCUT2D eigenvalue weighted by molar-refractivity contribution is 0.414. The monoisotopic (exact) mass is 269 g/mol. The van der Waals surface area contributed by atoms with Gasteiger partial charge in [-0.15, -0.1) is 0 Å². The highest BCUT2D eigenvalue weighted by Crippen LogP contribution is 2.26. The molecule has 0 saturated carbocycles. The van der Waals surface area contributed by atoms with Gasteiger partial charge in [0.05, 0.1) is 0 Å². The number of hydrogen-bond donors (Lipinski definition) is 1. The van der Waals surface area contributed by atoms with Gasteiger partial charge in [0.15, 0.2) is 0 Å². The maximum Gasteiger partial charge on any atom is 0.131 e. The van der Waals surface area contributed by atoms with Gasteiger partial charge in [0, 0.05) is 17.6 Å². The summed E-state index contributed by atoms with van der Waals surface area (Å²) in [6, 6.07) is 16.3. The van der Waals surface area contributed by atoms with Crippen molar-refractivity contribution in [3.05, 3.63) is 59.7 Å². The van der Waals surface area contributed by atoms with Crippen molar-refractivity contribution < 1.29 is 4.74 Å². The molecule has 106 valence electrons. The van der Waals surface area contributed by atoms with Crippen LogP contribution in [0, 0.1) is 6.92 Å². The molecule has 0 aliphatic carbocycles. The molecule has 1 N–H and O–H groups in total. The Morgan fingerprint density at radius 2 is 1.75 bits per heavy atom. The lowest BCUT2D eigenvalue weighted by Gasteiger charge is -2.21. The zero-order valence-corrected chi connectivity index (χ0v) is 12.7. The molecule has 0 radical (unpaired) electrons. The second-order valence-electron chi connectivity index (χ2n) is 6.13. The van der Waals surface area contributed by atoms with E-state index in [1.807, 2.05) is 36.4 Å². The Balaban J connectivity index is 2.15. The second kappa shape index (κ2) is 6.10. The van der Waals surface area contributed by atoms with Crippen molar-refractivity contribution in [2.45, 2.75) is 39.8 Å². The Labute approximate surface area is 121 Å². The van der Waals surface area contributed by atoms with Crippen LogP contribution in [0.1, 0.15) is 31.9 Å². The number of nitrogens with one attached hydrogen (secondary N) is 1. The van der Waals surface area contributed by atoms with Gasteiger partial charge in [-0.05, 0) is 51.5 Å². The van der Waals surface area contributed by atoms with Gasteiger partial charge in [-0.2, -0.15) is 0 Å². The highest BCUT2D eigenvalue weighted by atomic mass is 16.5. The quantitative estimate of drug-likeness (QED) is 0.870. The van der Waals surface area contributed by atoms with Gasteiger partial charge < -0.3 is 10.1 Å². The Morgan fingerprint density at radius 3 is 2.45 bits per heavy atom. The molecule has 0 fully saturated rings. The van der Waals surface area contributed by atoms with E-state index in [2.05, 4.69) is 45.1 Å². The maximum absolute atomic E-state index is 6.02. The summed E-state index contributed by atoms with van der Waals surface area (Å²) in [5, 5.41) is 3.50. The molecule has 0 spiro atoms. The smallest absolute Gasteiger partial charge is 0.131 e. The molecular weight excluding hydrogens is 246 g/mol. The zero-order chi connectivity index (χ0) is 14.6. The van der Waals surface area contributed by atoms with Gasteiger partial charge in [-0.1, -0.05) is 30.3 Å². The van der Waals surface area contributed by atoms with E-state index in [-0.39, 0.29) is 5.54 Å². The third kappa shape index (κ3) is 4.39. The van der Waals surface area contributed by atoms with Crippen molar-refractivity contribution in [3.8, 4) is 11.5 Å². The molecule has 2 aromatic rings. The van der Waals surface area contributed by atoms with Crippen LogP contribution in [-0.2, 0) is 6.54 Å². The molecule has 0 aliphatic rings. The molecule has 0 aliphatic heterocycles. The van der Waals surface area contributed by atoms with Crippen LogP contribution in [0.25, 0.3) is 0 Å². The number of hydrogen-bond acceptors (Lipinski definition) is 2. The lowest BCUT2D eigenvalue weighted by atomic mass is 10.1. The van der Waals surface area contributed by atoms with Gasteiger partial charge in [0.1, 0.15) is 11.5 Å². The minimum Gasteiger partial charge on any atom is -0.457 e. The molecule has 20 heavy (non-hydrogen) atoms. The first-order chi connectivity index (χ1) is 9.44. The van der Waals surface area contributed by atoms with Gasteiger partial charge in [0.2, 0.25) is 0 Å². The van der Waals surface area contributed by atoms with Gasteiger partial charge in [-0.3, -0.25) is 0 Å². The Morgan fingerprint density at radius 1 is 1.00 bits per heavy atom. The summed E-state index contributed by atoms with van der Waals surface area (Å²) < 4.78 is 6.02. The van der Waals surface area contributed by atoms with Gasteiger partial charge in [-0.25, -0.2) is 0 Å². The largest absolute Gasteiger partial charge is 0.457 e. The molecule has 0 saturated heterocycles. The highest BCUT2D eigenvalue weighted by molar-refractivity contribution is 5.38. The Kier molecular flexibility index (Phi) is 4.46. The summed E-state index contributed by atoms with van der Waals surface area (Å²) in [5.41, 5.74) is 2.47. The Bertz CT molecular complexity index is 570. The van der Waals surface area contributed by atoms with E-state index in [0.29, 0.717) is 0 Å². The van der Waals surface area contributed by atoms with Crippen LogP contribution >= 0.6 is 0 Å². The van der Waals surface area contributed by atoms with E-state index >= 15 is 0 Å². The van der Waals surface area contributed by atoms with E-state index in [0.717, 1.165) is 18.0 Å². The minimum absolute atomic E-state index is 0.0937. The number of para-hydroxylation sites is 1. The fraction of sp³-hybridized carbons (Fsp3) is 0.333. The first-order valence-corrected chi connectivity index (χ1v) is 7.01. The SMILES string of the molecule is Cc1cccc(Oc2ccccc2CNC(C)(C)C)c1. The summed E-state index contributed by atoms with van der Waals surface area (Å²) in [7, 11) is 0. The van der Waals surface area contributed by atoms with Crippen LogP contribution in [0.2, 0.25) is 0 Å². The standard InChI is InChI=1S/C18H23NO/c1-14-8-7-10-16(12-14)20-17-11-6-5-9-15(17)13-19-18(2,3)4/h5-12,19H,13H2,1-4H3. The lowest BCUT2D eigenvalue weighted by Crippen LogP contribution is -2.35. The van der Waals surface area contributed by atoms with Gasteiger partial charge >= 0.3 is 0 Å². The predicted octanol–water partition coefficient (Wildman–Crippen LogP) is 4.68. The van der Waals surface area contributed by atoms with Crippen LogP contribution in [0.5, 0.6) is 11.5 Å². The molecule has 0 unspecified atom stereocenters. The third-order valence-corrected chi connectivity index (χ3v) is 3.00. The predicted molar refractivity (Wildman–Crippen MR) is 84.3 cm³/mol. The van der Waals surface area contributed by atoms with E-state index < -0.39 is 0 Å². The summed E-state index contributed by atoms with van der Waals surface area (Å²) >= 11 is 0. The number of ether oxygens (including phenoxy) is 1. The Hall–Kier alpha value is -1.80. The first-order valence-electron chi connectivity index (χ1n) is 7.01. The topological polar surface area (TPSA) is 21.3 Å². The average Bonchev–Trinajstić information content (AvgIpc) is 2.37. The number of rotatable bonds is 4. The molecule has 2 rings (SSSR count). The van der Waals surface area contributed by atoms with Crippen molar-refractivity contribution in [3.63, 3.8) is 0 Å². The molecule has 0 aromatic heterocycles. The van der Waals surface area contributed by atoms with Gasteiger partial charge in [0.25, 0.3) is 0 Å². The van der Waals surface area contributed by atoms with Crippen molar-refractivity contribution >= 4 is 0 Å². The summed E-state index contributed by atoms with van der Waals surface area (Å²) in [6.45, 7) is 9.36. The minimum atomic E-state index is 0.0937. The third-order valence-electron chi connectivity index (χ3n) is 3.00. The van der Waals surface area contributed by atoms with E-state index in [1.165, 1.54) is 11.1 Å². The van der Waals surface area contributed by atoms with E-state index in [4.69, 9.17) is 4.74 Å². The van der Waals surface area contributed by atoms with Crippen LogP contribution in [-0.4, -0.2) is 5.54 Å². The van der Waals surface area contributed by atoms with Crippen molar-refractivity contribution in [1.29, 1.82) is 0 Å². The molecule has 0 bridgehead atoms.